The predicted molar refractivity (Wildman–Crippen MR) is 77.5 cm³/mol. The van der Waals surface area contributed by atoms with E-state index in [0.29, 0.717) is 6.04 Å². The van der Waals surface area contributed by atoms with Crippen molar-refractivity contribution in [3.63, 3.8) is 0 Å². The molecule has 0 bridgehead atoms. The highest BCUT2D eigenvalue weighted by atomic mass is 15.2. The van der Waals surface area contributed by atoms with Gasteiger partial charge in [-0.1, -0.05) is 0 Å². The molecular weight excluding hydrogens is 226 g/mol. The van der Waals surface area contributed by atoms with Gasteiger partial charge in [-0.05, 0) is 27.8 Å². The zero-order valence-corrected chi connectivity index (χ0v) is 12.4. The van der Waals surface area contributed by atoms with Crippen LogP contribution in [0.4, 0.5) is 11.6 Å². The maximum absolute atomic E-state index is 4.49. The van der Waals surface area contributed by atoms with Gasteiger partial charge < -0.3 is 15.1 Å². The summed E-state index contributed by atoms with van der Waals surface area (Å²) in [6, 6.07) is 2.47. The molecule has 1 heterocycles. The first-order valence-electron chi connectivity index (χ1n) is 6.40. The zero-order valence-electron chi connectivity index (χ0n) is 12.4. The fourth-order valence-electron chi connectivity index (χ4n) is 1.57. The van der Waals surface area contributed by atoms with E-state index in [2.05, 4.69) is 53.0 Å². The van der Waals surface area contributed by atoms with Gasteiger partial charge in [-0.2, -0.15) is 0 Å². The van der Waals surface area contributed by atoms with Crippen LogP contribution < -0.4 is 15.1 Å². The number of aromatic nitrogens is 2. The third-order valence-corrected chi connectivity index (χ3v) is 3.04. The molecular formula is C13H25N5. The maximum atomic E-state index is 4.49. The van der Waals surface area contributed by atoms with Gasteiger partial charge in [0, 0.05) is 39.3 Å². The third-order valence-electron chi connectivity index (χ3n) is 3.04. The van der Waals surface area contributed by atoms with E-state index in [1.807, 2.05) is 20.0 Å². The molecule has 0 aliphatic heterocycles. The summed E-state index contributed by atoms with van der Waals surface area (Å²) in [5.41, 5.74) is 0. The van der Waals surface area contributed by atoms with E-state index in [0.717, 1.165) is 30.5 Å². The molecule has 0 amide bonds. The minimum Gasteiger partial charge on any atom is -0.358 e. The molecule has 0 fully saturated rings. The largest absolute Gasteiger partial charge is 0.358 e. The fraction of sp³-hybridized carbons (Fsp3) is 0.692. The second kappa shape index (κ2) is 6.54. The van der Waals surface area contributed by atoms with Gasteiger partial charge in [0.1, 0.15) is 17.5 Å². The molecule has 0 aromatic carbocycles. The Kier molecular flexibility index (Phi) is 5.34. The summed E-state index contributed by atoms with van der Waals surface area (Å²) in [6.07, 6.45) is 0. The lowest BCUT2D eigenvalue weighted by Gasteiger charge is -2.25. The molecule has 1 aromatic heterocycles. The van der Waals surface area contributed by atoms with E-state index in [9.17, 15) is 0 Å². The van der Waals surface area contributed by atoms with Crippen molar-refractivity contribution in [2.24, 2.45) is 0 Å². The van der Waals surface area contributed by atoms with E-state index in [4.69, 9.17) is 0 Å². The maximum Gasteiger partial charge on any atom is 0.134 e. The Hall–Kier alpha value is -1.36. The Bertz CT molecular complexity index is 378. The molecule has 0 saturated carbocycles. The van der Waals surface area contributed by atoms with Gasteiger partial charge in [0.05, 0.1) is 0 Å². The quantitative estimate of drug-likeness (QED) is 0.825. The molecule has 0 aliphatic rings. The Labute approximate surface area is 110 Å². The summed E-state index contributed by atoms with van der Waals surface area (Å²) in [5.74, 6) is 2.76. The number of hydrogen-bond donors (Lipinski definition) is 1. The van der Waals surface area contributed by atoms with E-state index in [-0.39, 0.29) is 0 Å². The minimum atomic E-state index is 0.426. The molecule has 0 atom stereocenters. The average molecular weight is 251 g/mol. The van der Waals surface area contributed by atoms with Crippen LogP contribution in [0.1, 0.15) is 19.7 Å². The van der Waals surface area contributed by atoms with Gasteiger partial charge in [0.25, 0.3) is 0 Å². The van der Waals surface area contributed by atoms with Crippen LogP contribution >= 0.6 is 0 Å². The van der Waals surface area contributed by atoms with Crippen LogP contribution in [0.5, 0.6) is 0 Å². The molecule has 0 saturated heterocycles. The first-order chi connectivity index (χ1) is 8.45. The summed E-state index contributed by atoms with van der Waals surface area (Å²) >= 11 is 0. The van der Waals surface area contributed by atoms with Crippen molar-refractivity contribution in [1.29, 1.82) is 0 Å². The summed E-state index contributed by atoms with van der Waals surface area (Å²) in [6.45, 7) is 8.11. The Morgan fingerprint density at radius 3 is 2.39 bits per heavy atom. The van der Waals surface area contributed by atoms with Gasteiger partial charge in [-0.15, -0.1) is 0 Å². The predicted octanol–water partition coefficient (Wildman–Crippen LogP) is 1.29. The standard InChI is InChI=1S/C13H25N5/c1-10(2)18(6)13-9-12(15-11(3)16-13)17(5)8-7-14-4/h9-10,14H,7-8H2,1-6H3. The summed E-state index contributed by atoms with van der Waals surface area (Å²) in [5, 5.41) is 3.14. The number of nitrogens with one attached hydrogen (secondary N) is 1. The SMILES string of the molecule is CNCCN(C)c1cc(N(C)C(C)C)nc(C)n1. The molecule has 5 nitrogen and oxygen atoms in total. The average Bonchev–Trinajstić information content (AvgIpc) is 2.33. The Morgan fingerprint density at radius 2 is 1.83 bits per heavy atom. The lowest BCUT2D eigenvalue weighted by molar-refractivity contribution is 0.732. The van der Waals surface area contributed by atoms with Crippen LogP contribution in [0.25, 0.3) is 0 Å². The van der Waals surface area contributed by atoms with Crippen LogP contribution in [0.3, 0.4) is 0 Å². The highest BCUT2D eigenvalue weighted by Crippen LogP contribution is 2.18. The molecule has 5 heteroatoms. The number of likely N-dealkylation sites (N-methyl/N-ethyl adjacent to an activating group) is 2. The first kappa shape index (κ1) is 14.7. The van der Waals surface area contributed by atoms with Crippen LogP contribution in [0.15, 0.2) is 6.07 Å². The second-order valence-electron chi connectivity index (χ2n) is 4.86. The highest BCUT2D eigenvalue weighted by Gasteiger charge is 2.11. The lowest BCUT2D eigenvalue weighted by atomic mass is 10.3. The molecule has 102 valence electrons. The van der Waals surface area contributed by atoms with Crippen LogP contribution in [0.2, 0.25) is 0 Å². The minimum absolute atomic E-state index is 0.426. The van der Waals surface area contributed by atoms with E-state index >= 15 is 0 Å². The Balaban J connectivity index is 2.93. The number of hydrogen-bond acceptors (Lipinski definition) is 5. The normalized spacial score (nSPS) is 10.8. The van der Waals surface area contributed by atoms with E-state index in [1.165, 1.54) is 0 Å². The summed E-state index contributed by atoms with van der Waals surface area (Å²) < 4.78 is 0. The summed E-state index contributed by atoms with van der Waals surface area (Å²) in [7, 11) is 6.07. The number of nitrogens with zero attached hydrogens (tertiary/aromatic N) is 4. The fourth-order valence-corrected chi connectivity index (χ4v) is 1.57. The molecule has 0 radical (unpaired) electrons. The van der Waals surface area contributed by atoms with Crippen molar-refractivity contribution in [1.82, 2.24) is 15.3 Å². The van der Waals surface area contributed by atoms with Crippen molar-refractivity contribution < 1.29 is 0 Å². The topological polar surface area (TPSA) is 44.3 Å². The monoisotopic (exact) mass is 251 g/mol. The van der Waals surface area contributed by atoms with Crippen molar-refractivity contribution in [2.75, 3.05) is 44.0 Å². The zero-order chi connectivity index (χ0) is 13.7. The molecule has 1 aromatic rings. The van der Waals surface area contributed by atoms with Gasteiger partial charge in [0.15, 0.2) is 0 Å². The highest BCUT2D eigenvalue weighted by molar-refractivity contribution is 5.50. The van der Waals surface area contributed by atoms with Crippen LogP contribution in [-0.4, -0.2) is 50.2 Å². The summed E-state index contributed by atoms with van der Waals surface area (Å²) in [4.78, 5) is 13.3. The molecule has 1 rings (SSSR count). The second-order valence-corrected chi connectivity index (χ2v) is 4.86. The first-order valence-corrected chi connectivity index (χ1v) is 6.40. The van der Waals surface area contributed by atoms with Crippen molar-refractivity contribution in [3.8, 4) is 0 Å². The van der Waals surface area contributed by atoms with Crippen molar-refractivity contribution in [2.45, 2.75) is 26.8 Å². The number of rotatable bonds is 6. The molecule has 0 aliphatic carbocycles. The molecule has 0 spiro atoms. The molecule has 18 heavy (non-hydrogen) atoms. The van der Waals surface area contributed by atoms with Crippen LogP contribution in [0, 0.1) is 6.92 Å². The van der Waals surface area contributed by atoms with Gasteiger partial charge in [-0.3, -0.25) is 0 Å². The van der Waals surface area contributed by atoms with Gasteiger partial charge >= 0.3 is 0 Å². The van der Waals surface area contributed by atoms with Crippen molar-refractivity contribution >= 4 is 11.6 Å². The number of anilines is 2. The number of aryl methyl sites for hydroxylation is 1. The van der Waals surface area contributed by atoms with E-state index in [1.54, 1.807) is 0 Å². The van der Waals surface area contributed by atoms with Gasteiger partial charge in [0.2, 0.25) is 0 Å². The smallest absolute Gasteiger partial charge is 0.134 e. The third kappa shape index (κ3) is 3.84. The van der Waals surface area contributed by atoms with Gasteiger partial charge in [-0.25, -0.2) is 9.97 Å². The Morgan fingerprint density at radius 1 is 1.22 bits per heavy atom. The van der Waals surface area contributed by atoms with Crippen molar-refractivity contribution in [3.05, 3.63) is 11.9 Å². The lowest BCUT2D eigenvalue weighted by Crippen LogP contribution is -2.30. The molecule has 1 N–H and O–H groups in total. The van der Waals surface area contributed by atoms with E-state index < -0.39 is 0 Å². The molecule has 0 unspecified atom stereocenters. The van der Waals surface area contributed by atoms with Crippen LogP contribution in [-0.2, 0) is 0 Å².